The van der Waals surface area contributed by atoms with E-state index in [1.54, 1.807) is 0 Å². The van der Waals surface area contributed by atoms with E-state index in [9.17, 15) is 0 Å². The molecule has 17 heavy (non-hydrogen) atoms. The van der Waals surface area contributed by atoms with Crippen LogP contribution in [0, 0.1) is 6.92 Å². The Kier molecular flexibility index (Phi) is 2.74. The minimum absolute atomic E-state index is 0.693. The van der Waals surface area contributed by atoms with Gasteiger partial charge in [0.15, 0.2) is 5.82 Å². The molecule has 1 aliphatic carbocycles. The fraction of sp³-hybridized carbons (Fsp3) is 0.385. The van der Waals surface area contributed by atoms with E-state index in [4.69, 9.17) is 0 Å². The molecule has 1 saturated carbocycles. The molecule has 0 unspecified atom stereocenters. The summed E-state index contributed by atoms with van der Waals surface area (Å²) in [5.74, 6) is 1.62. The van der Waals surface area contributed by atoms with Crippen molar-refractivity contribution in [2.45, 2.75) is 31.0 Å². The highest BCUT2D eigenvalue weighted by Crippen LogP contribution is 2.39. The van der Waals surface area contributed by atoms with Crippen LogP contribution in [-0.4, -0.2) is 14.8 Å². The summed E-state index contributed by atoms with van der Waals surface area (Å²) in [7, 11) is 0. The summed E-state index contributed by atoms with van der Waals surface area (Å²) < 4.78 is 1.89. The molecule has 0 bridgehead atoms. The van der Waals surface area contributed by atoms with Crippen LogP contribution in [0.25, 0.3) is 5.82 Å². The SMILES string of the molecule is Cc1cc(CBr)cnc1-n1ccc(C2CC2)n1. The second kappa shape index (κ2) is 4.26. The molecule has 0 spiro atoms. The summed E-state index contributed by atoms with van der Waals surface area (Å²) in [5.41, 5.74) is 3.56. The third kappa shape index (κ3) is 2.14. The number of halogens is 1. The average Bonchev–Trinajstić information content (AvgIpc) is 3.08. The molecular formula is C13H14BrN3. The van der Waals surface area contributed by atoms with Crippen molar-refractivity contribution in [3.8, 4) is 5.82 Å². The topological polar surface area (TPSA) is 30.7 Å². The molecule has 4 heteroatoms. The first kappa shape index (κ1) is 11.0. The van der Waals surface area contributed by atoms with Crippen molar-refractivity contribution in [2.75, 3.05) is 0 Å². The van der Waals surface area contributed by atoms with Crippen molar-refractivity contribution >= 4 is 15.9 Å². The first-order valence-electron chi connectivity index (χ1n) is 5.85. The van der Waals surface area contributed by atoms with Crippen LogP contribution in [0.5, 0.6) is 0 Å². The molecule has 2 heterocycles. The van der Waals surface area contributed by atoms with Crippen LogP contribution in [0.15, 0.2) is 24.5 Å². The molecule has 3 rings (SSSR count). The van der Waals surface area contributed by atoms with Gasteiger partial charge in [0.05, 0.1) is 5.69 Å². The quantitative estimate of drug-likeness (QED) is 0.812. The minimum Gasteiger partial charge on any atom is -0.237 e. The molecule has 0 saturated heterocycles. The Labute approximate surface area is 109 Å². The van der Waals surface area contributed by atoms with Crippen molar-refractivity contribution in [3.63, 3.8) is 0 Å². The molecule has 0 atom stereocenters. The summed E-state index contributed by atoms with van der Waals surface area (Å²) in [6.07, 6.45) is 6.48. The number of aryl methyl sites for hydroxylation is 1. The predicted octanol–water partition coefficient (Wildman–Crippen LogP) is 3.35. The van der Waals surface area contributed by atoms with Crippen molar-refractivity contribution < 1.29 is 0 Å². The van der Waals surface area contributed by atoms with Crippen LogP contribution in [0.3, 0.4) is 0 Å². The van der Waals surface area contributed by atoms with Gasteiger partial charge in [0.25, 0.3) is 0 Å². The largest absolute Gasteiger partial charge is 0.237 e. The summed E-state index contributed by atoms with van der Waals surface area (Å²) in [6.45, 7) is 2.08. The Morgan fingerprint density at radius 3 is 2.94 bits per heavy atom. The van der Waals surface area contributed by atoms with Crippen LogP contribution < -0.4 is 0 Å². The van der Waals surface area contributed by atoms with E-state index >= 15 is 0 Å². The lowest BCUT2D eigenvalue weighted by Gasteiger charge is -2.06. The number of hydrogen-bond acceptors (Lipinski definition) is 2. The molecule has 3 nitrogen and oxygen atoms in total. The second-order valence-corrected chi connectivity index (χ2v) is 5.14. The zero-order valence-electron chi connectivity index (χ0n) is 9.73. The smallest absolute Gasteiger partial charge is 0.156 e. The van der Waals surface area contributed by atoms with Crippen LogP contribution in [0.4, 0.5) is 0 Å². The van der Waals surface area contributed by atoms with E-state index in [1.807, 2.05) is 17.1 Å². The maximum atomic E-state index is 4.60. The highest BCUT2D eigenvalue weighted by atomic mass is 79.9. The molecular weight excluding hydrogens is 278 g/mol. The molecule has 88 valence electrons. The van der Waals surface area contributed by atoms with E-state index in [-0.39, 0.29) is 0 Å². The maximum Gasteiger partial charge on any atom is 0.156 e. The van der Waals surface area contributed by atoms with E-state index in [2.05, 4.69) is 45.1 Å². The zero-order chi connectivity index (χ0) is 11.8. The lowest BCUT2D eigenvalue weighted by molar-refractivity contribution is 0.805. The number of aromatic nitrogens is 3. The molecule has 0 N–H and O–H groups in total. The average molecular weight is 292 g/mol. The summed E-state index contributed by atoms with van der Waals surface area (Å²) in [5, 5.41) is 5.44. The third-order valence-electron chi connectivity index (χ3n) is 3.08. The van der Waals surface area contributed by atoms with Gasteiger partial charge >= 0.3 is 0 Å². The number of pyridine rings is 1. The Morgan fingerprint density at radius 2 is 2.29 bits per heavy atom. The first-order valence-corrected chi connectivity index (χ1v) is 6.97. The fourth-order valence-corrected chi connectivity index (χ4v) is 2.30. The Morgan fingerprint density at radius 1 is 1.47 bits per heavy atom. The first-order chi connectivity index (χ1) is 8.28. The fourth-order valence-electron chi connectivity index (χ4n) is 1.99. The van der Waals surface area contributed by atoms with Crippen LogP contribution >= 0.6 is 15.9 Å². The van der Waals surface area contributed by atoms with Gasteiger partial charge in [-0.3, -0.25) is 0 Å². The van der Waals surface area contributed by atoms with Gasteiger partial charge in [0.2, 0.25) is 0 Å². The van der Waals surface area contributed by atoms with Crippen LogP contribution in [0.1, 0.15) is 35.6 Å². The van der Waals surface area contributed by atoms with Crippen molar-refractivity contribution in [3.05, 3.63) is 41.3 Å². The Hall–Kier alpha value is -1.16. The van der Waals surface area contributed by atoms with Crippen molar-refractivity contribution in [1.29, 1.82) is 0 Å². The normalized spacial score (nSPS) is 15.2. The minimum atomic E-state index is 0.693. The van der Waals surface area contributed by atoms with Gasteiger partial charge in [-0.2, -0.15) is 5.10 Å². The van der Waals surface area contributed by atoms with Gasteiger partial charge in [-0.05, 0) is 43.0 Å². The lowest BCUT2D eigenvalue weighted by Crippen LogP contribution is -2.02. The van der Waals surface area contributed by atoms with E-state index in [1.165, 1.54) is 24.1 Å². The number of rotatable bonds is 3. The van der Waals surface area contributed by atoms with E-state index in [0.29, 0.717) is 5.92 Å². The van der Waals surface area contributed by atoms with Crippen LogP contribution in [0.2, 0.25) is 0 Å². The van der Waals surface area contributed by atoms with Crippen LogP contribution in [-0.2, 0) is 5.33 Å². The number of alkyl halides is 1. The molecule has 2 aromatic rings. The van der Waals surface area contributed by atoms with Crippen molar-refractivity contribution in [1.82, 2.24) is 14.8 Å². The maximum absolute atomic E-state index is 4.60. The van der Waals surface area contributed by atoms with Gasteiger partial charge in [0.1, 0.15) is 0 Å². The predicted molar refractivity (Wildman–Crippen MR) is 70.7 cm³/mol. The monoisotopic (exact) mass is 291 g/mol. The Bertz CT molecular complexity index is 543. The zero-order valence-corrected chi connectivity index (χ0v) is 11.3. The lowest BCUT2D eigenvalue weighted by atomic mass is 10.2. The summed E-state index contributed by atoms with van der Waals surface area (Å²) in [6, 6.07) is 4.26. The molecule has 1 aliphatic rings. The standard InChI is InChI=1S/C13H14BrN3/c1-9-6-10(7-14)8-15-13(9)17-5-4-12(16-17)11-2-3-11/h4-6,8,11H,2-3,7H2,1H3. The molecule has 0 aliphatic heterocycles. The van der Waals surface area contributed by atoms with E-state index in [0.717, 1.165) is 16.7 Å². The van der Waals surface area contributed by atoms with Crippen molar-refractivity contribution in [2.24, 2.45) is 0 Å². The van der Waals surface area contributed by atoms with Gasteiger partial charge in [-0.15, -0.1) is 0 Å². The van der Waals surface area contributed by atoms with Gasteiger partial charge in [0, 0.05) is 23.6 Å². The summed E-state index contributed by atoms with van der Waals surface area (Å²) in [4.78, 5) is 4.48. The molecule has 0 radical (unpaired) electrons. The van der Waals surface area contributed by atoms with E-state index < -0.39 is 0 Å². The van der Waals surface area contributed by atoms with Gasteiger partial charge in [-0.1, -0.05) is 15.9 Å². The molecule has 0 amide bonds. The van der Waals surface area contributed by atoms with Gasteiger partial charge in [-0.25, -0.2) is 9.67 Å². The van der Waals surface area contributed by atoms with Gasteiger partial charge < -0.3 is 0 Å². The number of hydrogen-bond donors (Lipinski definition) is 0. The molecule has 2 aromatic heterocycles. The third-order valence-corrected chi connectivity index (χ3v) is 3.73. The second-order valence-electron chi connectivity index (χ2n) is 4.58. The number of nitrogens with zero attached hydrogens (tertiary/aromatic N) is 3. The molecule has 1 fully saturated rings. The highest BCUT2D eigenvalue weighted by Gasteiger charge is 2.26. The summed E-state index contributed by atoms with van der Waals surface area (Å²) >= 11 is 3.44. The Balaban J connectivity index is 1.96. The highest BCUT2D eigenvalue weighted by molar-refractivity contribution is 9.08. The molecule has 0 aromatic carbocycles.